The van der Waals surface area contributed by atoms with Gasteiger partial charge in [-0.3, -0.25) is 13.8 Å². The highest BCUT2D eigenvalue weighted by molar-refractivity contribution is 7.93. The molecule has 0 aliphatic heterocycles. The molecule has 4 aromatic rings. The first-order chi connectivity index (χ1) is 20.1. The molecule has 0 saturated carbocycles. The topological polar surface area (TPSA) is 113 Å². The second-order valence-electron chi connectivity index (χ2n) is 9.85. The Morgan fingerprint density at radius 2 is 1.35 bits per heavy atom. The maximum Gasteiger partial charge on any atom is 0.416 e. The van der Waals surface area contributed by atoms with E-state index in [9.17, 15) is 34.8 Å². The first kappa shape index (κ1) is 31.6. The minimum Gasteiger partial charge on any atom is -0.325 e. The molecule has 0 aliphatic rings. The summed E-state index contributed by atoms with van der Waals surface area (Å²) in [5.74, 6) is -0.864. The number of rotatable bonds is 9. The molecule has 226 valence electrons. The monoisotopic (exact) mass is 631 g/mol. The molecule has 0 spiro atoms. The molecule has 4 aromatic carbocycles. The van der Waals surface area contributed by atoms with E-state index in [2.05, 4.69) is 10.0 Å². The third-order valence-electron chi connectivity index (χ3n) is 6.57. The number of benzene rings is 4. The standard InChI is InChI=1S/C30H28F3N3O5S2/c1-20-7-13-28(14-8-20)43(40,41)36(26-6-4-5-23(18-26)30(31,32)33)19-29(37)34-24-11-15-27(16-12-24)42(38,39)35-25-10-9-21(2)22(3)17-25/h4-18,35H,19H2,1-3H3,(H,34,37). The Kier molecular flexibility index (Phi) is 8.88. The van der Waals surface area contributed by atoms with E-state index in [0.29, 0.717) is 16.1 Å². The normalized spacial score (nSPS) is 12.0. The number of hydrogen-bond donors (Lipinski definition) is 2. The zero-order valence-electron chi connectivity index (χ0n) is 23.3. The fourth-order valence-corrected chi connectivity index (χ4v) is 6.52. The molecule has 0 radical (unpaired) electrons. The molecule has 43 heavy (non-hydrogen) atoms. The van der Waals surface area contributed by atoms with E-state index in [0.717, 1.165) is 34.9 Å². The van der Waals surface area contributed by atoms with E-state index in [1.54, 1.807) is 25.1 Å². The minimum absolute atomic E-state index is 0.0868. The SMILES string of the molecule is Cc1ccc(S(=O)(=O)N(CC(=O)Nc2ccc(S(=O)(=O)Nc3ccc(C)c(C)c3)cc2)c2cccc(C(F)(F)F)c2)cc1. The number of carbonyl (C=O) groups excluding carboxylic acids is 1. The summed E-state index contributed by atoms with van der Waals surface area (Å²) in [7, 11) is -8.42. The summed E-state index contributed by atoms with van der Waals surface area (Å²) in [5, 5.41) is 2.48. The van der Waals surface area contributed by atoms with Gasteiger partial charge in [0.25, 0.3) is 20.0 Å². The van der Waals surface area contributed by atoms with Crippen molar-refractivity contribution in [1.82, 2.24) is 0 Å². The summed E-state index contributed by atoms with van der Waals surface area (Å²) in [6, 6.07) is 19.6. The highest BCUT2D eigenvalue weighted by atomic mass is 32.2. The van der Waals surface area contributed by atoms with Crippen molar-refractivity contribution in [2.24, 2.45) is 0 Å². The second-order valence-corrected chi connectivity index (χ2v) is 13.4. The lowest BCUT2D eigenvalue weighted by Crippen LogP contribution is -2.38. The number of nitrogens with one attached hydrogen (secondary N) is 2. The van der Waals surface area contributed by atoms with Gasteiger partial charge in [-0.1, -0.05) is 29.8 Å². The number of nitrogens with zero attached hydrogens (tertiary/aromatic N) is 1. The molecule has 8 nitrogen and oxygen atoms in total. The summed E-state index contributed by atoms with van der Waals surface area (Å²) in [4.78, 5) is 12.7. The Morgan fingerprint density at radius 1 is 0.744 bits per heavy atom. The molecule has 0 saturated heterocycles. The van der Waals surface area contributed by atoms with E-state index in [-0.39, 0.29) is 21.2 Å². The minimum atomic E-state index is -4.74. The average Bonchev–Trinajstić information content (AvgIpc) is 2.93. The molecule has 0 heterocycles. The van der Waals surface area contributed by atoms with Crippen molar-refractivity contribution in [2.45, 2.75) is 36.7 Å². The number of aryl methyl sites for hydroxylation is 3. The van der Waals surface area contributed by atoms with Crippen LogP contribution < -0.4 is 14.3 Å². The van der Waals surface area contributed by atoms with Gasteiger partial charge in [0.05, 0.1) is 21.0 Å². The average molecular weight is 632 g/mol. The van der Waals surface area contributed by atoms with Gasteiger partial charge in [0.15, 0.2) is 0 Å². The highest BCUT2D eigenvalue weighted by Crippen LogP contribution is 2.33. The van der Waals surface area contributed by atoms with Crippen LogP contribution in [-0.4, -0.2) is 29.3 Å². The van der Waals surface area contributed by atoms with Crippen LogP contribution >= 0.6 is 0 Å². The Bertz CT molecular complexity index is 1860. The lowest BCUT2D eigenvalue weighted by atomic mass is 10.1. The molecule has 0 aliphatic carbocycles. The Labute approximate surface area is 248 Å². The van der Waals surface area contributed by atoms with Crippen molar-refractivity contribution >= 4 is 43.0 Å². The molecule has 4 rings (SSSR count). The second kappa shape index (κ2) is 12.1. The predicted molar refractivity (Wildman–Crippen MR) is 159 cm³/mol. The lowest BCUT2D eigenvalue weighted by Gasteiger charge is -2.25. The predicted octanol–water partition coefficient (Wildman–Crippen LogP) is 6.27. The summed E-state index contributed by atoms with van der Waals surface area (Å²) < 4.78 is 96.1. The zero-order chi connectivity index (χ0) is 31.6. The first-order valence-electron chi connectivity index (χ1n) is 12.8. The van der Waals surface area contributed by atoms with Gasteiger partial charge in [0.2, 0.25) is 5.91 Å². The summed E-state index contributed by atoms with van der Waals surface area (Å²) >= 11 is 0. The number of halogens is 3. The fraction of sp³-hybridized carbons (Fsp3) is 0.167. The van der Waals surface area contributed by atoms with Gasteiger partial charge in [-0.15, -0.1) is 0 Å². The molecule has 0 unspecified atom stereocenters. The van der Waals surface area contributed by atoms with Crippen molar-refractivity contribution in [1.29, 1.82) is 0 Å². The Morgan fingerprint density at radius 3 is 1.95 bits per heavy atom. The van der Waals surface area contributed by atoms with Crippen LogP contribution in [0.3, 0.4) is 0 Å². The molecule has 0 fully saturated rings. The molecule has 2 N–H and O–H groups in total. The largest absolute Gasteiger partial charge is 0.416 e. The Balaban J connectivity index is 1.57. The number of hydrogen-bond acceptors (Lipinski definition) is 5. The van der Waals surface area contributed by atoms with Crippen molar-refractivity contribution in [3.05, 3.63) is 113 Å². The van der Waals surface area contributed by atoms with Gasteiger partial charge < -0.3 is 5.32 Å². The molecular weight excluding hydrogens is 603 g/mol. The third kappa shape index (κ3) is 7.54. The maximum atomic E-state index is 13.5. The van der Waals surface area contributed by atoms with Gasteiger partial charge in [-0.05, 0) is 98.6 Å². The van der Waals surface area contributed by atoms with Crippen LogP contribution in [0.5, 0.6) is 0 Å². The summed E-state index contributed by atoms with van der Waals surface area (Å²) in [6.07, 6.45) is -4.74. The third-order valence-corrected chi connectivity index (χ3v) is 9.75. The van der Waals surface area contributed by atoms with Gasteiger partial charge in [-0.2, -0.15) is 13.2 Å². The number of alkyl halides is 3. The van der Waals surface area contributed by atoms with Crippen LogP contribution in [0.4, 0.5) is 30.2 Å². The number of sulfonamides is 2. The van der Waals surface area contributed by atoms with Crippen LogP contribution in [0.15, 0.2) is 101 Å². The summed E-state index contributed by atoms with van der Waals surface area (Å²) in [6.45, 7) is 4.64. The van der Waals surface area contributed by atoms with E-state index in [1.807, 2.05) is 13.8 Å². The fourth-order valence-electron chi connectivity index (χ4n) is 4.06. The van der Waals surface area contributed by atoms with Crippen molar-refractivity contribution in [2.75, 3.05) is 20.9 Å². The van der Waals surface area contributed by atoms with Crippen molar-refractivity contribution < 1.29 is 34.8 Å². The van der Waals surface area contributed by atoms with Crippen molar-refractivity contribution in [3.63, 3.8) is 0 Å². The highest BCUT2D eigenvalue weighted by Gasteiger charge is 2.33. The maximum absolute atomic E-state index is 13.5. The molecular formula is C30H28F3N3O5S2. The number of amides is 1. The smallest absolute Gasteiger partial charge is 0.325 e. The van der Waals surface area contributed by atoms with Gasteiger partial charge in [0.1, 0.15) is 6.54 Å². The van der Waals surface area contributed by atoms with Gasteiger partial charge in [0, 0.05) is 11.4 Å². The van der Waals surface area contributed by atoms with Crippen LogP contribution in [0, 0.1) is 20.8 Å². The van der Waals surface area contributed by atoms with E-state index < -0.39 is 44.2 Å². The molecule has 1 amide bonds. The van der Waals surface area contributed by atoms with Gasteiger partial charge in [-0.25, -0.2) is 16.8 Å². The molecule has 0 aromatic heterocycles. The van der Waals surface area contributed by atoms with Crippen LogP contribution in [0.25, 0.3) is 0 Å². The zero-order valence-corrected chi connectivity index (χ0v) is 24.9. The van der Waals surface area contributed by atoms with E-state index in [1.165, 1.54) is 48.5 Å². The van der Waals surface area contributed by atoms with E-state index >= 15 is 0 Å². The summed E-state index contributed by atoms with van der Waals surface area (Å²) in [5.41, 5.74) is 1.75. The number of carbonyl (C=O) groups is 1. The van der Waals surface area contributed by atoms with E-state index in [4.69, 9.17) is 0 Å². The van der Waals surface area contributed by atoms with Crippen molar-refractivity contribution in [3.8, 4) is 0 Å². The van der Waals surface area contributed by atoms with Crippen LogP contribution in [-0.2, 0) is 31.0 Å². The molecule has 0 bridgehead atoms. The lowest BCUT2D eigenvalue weighted by molar-refractivity contribution is -0.137. The number of anilines is 3. The van der Waals surface area contributed by atoms with Crippen LogP contribution in [0.1, 0.15) is 22.3 Å². The van der Waals surface area contributed by atoms with Crippen LogP contribution in [0.2, 0.25) is 0 Å². The molecule has 13 heteroatoms. The first-order valence-corrected chi connectivity index (χ1v) is 15.8. The molecule has 0 atom stereocenters. The van der Waals surface area contributed by atoms with Gasteiger partial charge >= 0.3 is 6.18 Å². The Hall–Kier alpha value is -4.36. The quantitative estimate of drug-likeness (QED) is 0.226.